The Morgan fingerprint density at radius 2 is 2.21 bits per heavy atom. The molecule has 98 valence electrons. The van der Waals surface area contributed by atoms with Gasteiger partial charge in [-0.15, -0.1) is 0 Å². The van der Waals surface area contributed by atoms with Crippen molar-refractivity contribution in [2.24, 2.45) is 4.99 Å². The smallest absolute Gasteiger partial charge is 0.143 e. The van der Waals surface area contributed by atoms with Crippen LogP contribution in [0.15, 0.2) is 47.6 Å². The summed E-state index contributed by atoms with van der Waals surface area (Å²) in [5.74, 6) is -0.909. The molecule has 0 atom stereocenters. The third kappa shape index (κ3) is 2.76. The number of hydrogen-bond acceptors (Lipinski definition) is 2. The number of rotatable bonds is 3. The van der Waals surface area contributed by atoms with Crippen LogP contribution in [0.5, 0.6) is 0 Å². The molecule has 5 heteroatoms. The molecule has 0 unspecified atom stereocenters. The summed E-state index contributed by atoms with van der Waals surface area (Å²) in [5.41, 5.74) is 2.13. The molecular weight excluding hydrogens is 248 g/mol. The molecule has 0 radical (unpaired) electrons. The predicted molar refractivity (Wildman–Crippen MR) is 72.3 cm³/mol. The van der Waals surface area contributed by atoms with Gasteiger partial charge in [0.05, 0.1) is 12.4 Å². The van der Waals surface area contributed by atoms with Crippen molar-refractivity contribution >= 4 is 16.7 Å². The average Bonchev–Trinajstić information content (AvgIpc) is 2.78. The van der Waals surface area contributed by atoms with Crippen molar-refractivity contribution in [2.45, 2.75) is 13.8 Å². The van der Waals surface area contributed by atoms with E-state index in [1.807, 2.05) is 0 Å². The van der Waals surface area contributed by atoms with Crippen LogP contribution in [-0.2, 0) is 0 Å². The van der Waals surface area contributed by atoms with Crippen molar-refractivity contribution < 1.29 is 8.78 Å². The SMILES string of the molecule is C=C(C)/C(F)=C\N=C(/C)c1c[nH]c2ncc(F)cc12. The Morgan fingerprint density at radius 1 is 1.47 bits per heavy atom. The van der Waals surface area contributed by atoms with Crippen LogP contribution in [0.25, 0.3) is 11.0 Å². The molecule has 1 N–H and O–H groups in total. The Kier molecular flexibility index (Phi) is 3.55. The molecule has 0 aromatic carbocycles. The van der Waals surface area contributed by atoms with Crippen molar-refractivity contribution in [3.63, 3.8) is 0 Å². The molecule has 0 amide bonds. The minimum atomic E-state index is -0.483. The number of aliphatic imine (C=N–C) groups is 1. The van der Waals surface area contributed by atoms with Gasteiger partial charge >= 0.3 is 0 Å². The number of fused-ring (bicyclic) bond motifs is 1. The minimum absolute atomic E-state index is 0.309. The van der Waals surface area contributed by atoms with Crippen molar-refractivity contribution in [3.8, 4) is 0 Å². The molecule has 0 bridgehead atoms. The van der Waals surface area contributed by atoms with Crippen LogP contribution >= 0.6 is 0 Å². The molecule has 0 aliphatic rings. The molecular formula is C14H13F2N3. The Bertz CT molecular complexity index is 696. The number of hydrogen-bond donors (Lipinski definition) is 1. The van der Waals surface area contributed by atoms with Gasteiger partial charge in [0, 0.05) is 22.9 Å². The molecule has 19 heavy (non-hydrogen) atoms. The van der Waals surface area contributed by atoms with E-state index in [9.17, 15) is 8.78 Å². The number of H-pyrrole nitrogens is 1. The van der Waals surface area contributed by atoms with Gasteiger partial charge in [0.2, 0.25) is 0 Å². The summed E-state index contributed by atoms with van der Waals surface area (Å²) in [5, 5.41) is 0.616. The third-order valence-corrected chi connectivity index (χ3v) is 2.67. The molecule has 0 aliphatic carbocycles. The predicted octanol–water partition coefficient (Wildman–Crippen LogP) is 3.90. The maximum atomic E-state index is 13.3. The first-order valence-electron chi connectivity index (χ1n) is 5.68. The molecule has 2 heterocycles. The first-order chi connectivity index (χ1) is 8.99. The summed E-state index contributed by atoms with van der Waals surface area (Å²) < 4.78 is 26.5. The first-order valence-corrected chi connectivity index (χ1v) is 5.68. The van der Waals surface area contributed by atoms with E-state index < -0.39 is 11.6 Å². The van der Waals surface area contributed by atoms with E-state index in [1.54, 1.807) is 20.0 Å². The molecule has 0 aliphatic heterocycles. The fraction of sp³-hybridized carbons (Fsp3) is 0.143. The minimum Gasteiger partial charge on any atom is -0.345 e. The monoisotopic (exact) mass is 261 g/mol. The maximum absolute atomic E-state index is 13.3. The summed E-state index contributed by atoms with van der Waals surface area (Å²) in [6, 6.07) is 1.37. The van der Waals surface area contributed by atoms with Crippen LogP contribution in [0.2, 0.25) is 0 Å². The van der Waals surface area contributed by atoms with E-state index in [-0.39, 0.29) is 0 Å². The fourth-order valence-electron chi connectivity index (χ4n) is 1.61. The lowest BCUT2D eigenvalue weighted by atomic mass is 10.1. The Balaban J connectivity index is 2.44. The second kappa shape index (κ2) is 5.14. The zero-order chi connectivity index (χ0) is 14.0. The Labute approximate surface area is 109 Å². The third-order valence-electron chi connectivity index (χ3n) is 2.67. The number of aromatic amines is 1. The number of aromatic nitrogens is 2. The highest BCUT2D eigenvalue weighted by molar-refractivity contribution is 6.09. The lowest BCUT2D eigenvalue weighted by Crippen LogP contribution is -1.92. The van der Waals surface area contributed by atoms with Gasteiger partial charge in [-0.1, -0.05) is 6.58 Å². The van der Waals surface area contributed by atoms with Gasteiger partial charge in [-0.2, -0.15) is 0 Å². The van der Waals surface area contributed by atoms with Crippen LogP contribution in [0.1, 0.15) is 19.4 Å². The van der Waals surface area contributed by atoms with Crippen molar-refractivity contribution in [1.29, 1.82) is 0 Å². The molecule has 2 rings (SSSR count). The summed E-state index contributed by atoms with van der Waals surface area (Å²) in [6.45, 7) is 6.75. The van der Waals surface area contributed by atoms with Crippen molar-refractivity contribution in [1.82, 2.24) is 9.97 Å². The van der Waals surface area contributed by atoms with Gasteiger partial charge in [-0.05, 0) is 25.5 Å². The van der Waals surface area contributed by atoms with Gasteiger partial charge in [0.25, 0.3) is 0 Å². The topological polar surface area (TPSA) is 41.0 Å². The largest absolute Gasteiger partial charge is 0.345 e. The van der Waals surface area contributed by atoms with Crippen LogP contribution in [0.4, 0.5) is 8.78 Å². The highest BCUT2D eigenvalue weighted by Crippen LogP contribution is 2.18. The average molecular weight is 261 g/mol. The Hall–Kier alpha value is -2.30. The highest BCUT2D eigenvalue weighted by Gasteiger charge is 2.08. The number of allylic oxidation sites excluding steroid dienone is 2. The van der Waals surface area contributed by atoms with E-state index >= 15 is 0 Å². The molecule has 0 saturated carbocycles. The van der Waals surface area contributed by atoms with Gasteiger partial charge in [0.1, 0.15) is 17.3 Å². The van der Waals surface area contributed by atoms with Gasteiger partial charge in [-0.3, -0.25) is 4.99 Å². The second-order valence-corrected chi connectivity index (χ2v) is 4.22. The number of halogens is 2. The zero-order valence-corrected chi connectivity index (χ0v) is 10.7. The van der Waals surface area contributed by atoms with E-state index in [1.165, 1.54) is 6.07 Å². The summed E-state index contributed by atoms with van der Waals surface area (Å²) >= 11 is 0. The summed E-state index contributed by atoms with van der Waals surface area (Å²) in [4.78, 5) is 10.9. The summed E-state index contributed by atoms with van der Waals surface area (Å²) in [6.07, 6.45) is 3.90. The van der Waals surface area contributed by atoms with Crippen molar-refractivity contribution in [2.75, 3.05) is 0 Å². The van der Waals surface area contributed by atoms with E-state index in [4.69, 9.17) is 0 Å². The Morgan fingerprint density at radius 3 is 2.89 bits per heavy atom. The van der Waals surface area contributed by atoms with E-state index in [0.717, 1.165) is 12.4 Å². The number of nitrogens with zero attached hydrogens (tertiary/aromatic N) is 2. The lowest BCUT2D eigenvalue weighted by molar-refractivity contribution is 0.624. The fourth-order valence-corrected chi connectivity index (χ4v) is 1.61. The molecule has 2 aromatic rings. The standard InChI is InChI=1S/C14H13F2N3/c1-8(2)13(16)7-17-9(3)12-6-19-14-11(12)4-10(15)5-18-14/h4-7H,1H2,2-3H3,(H,18,19)/b13-7+,17-9+. The van der Waals surface area contributed by atoms with Crippen LogP contribution in [0.3, 0.4) is 0 Å². The van der Waals surface area contributed by atoms with Gasteiger partial charge < -0.3 is 4.98 Å². The highest BCUT2D eigenvalue weighted by atomic mass is 19.1. The van der Waals surface area contributed by atoms with Crippen LogP contribution in [-0.4, -0.2) is 15.7 Å². The zero-order valence-electron chi connectivity index (χ0n) is 10.7. The van der Waals surface area contributed by atoms with Crippen LogP contribution < -0.4 is 0 Å². The number of nitrogens with one attached hydrogen (secondary N) is 1. The van der Waals surface area contributed by atoms with Crippen molar-refractivity contribution in [3.05, 3.63) is 54.0 Å². The van der Waals surface area contributed by atoms with Crippen LogP contribution in [0, 0.1) is 5.82 Å². The number of pyridine rings is 1. The summed E-state index contributed by atoms with van der Waals surface area (Å²) in [7, 11) is 0. The molecule has 3 nitrogen and oxygen atoms in total. The van der Waals surface area contributed by atoms with Gasteiger partial charge in [0.15, 0.2) is 0 Å². The molecule has 0 saturated heterocycles. The second-order valence-electron chi connectivity index (χ2n) is 4.22. The maximum Gasteiger partial charge on any atom is 0.143 e. The lowest BCUT2D eigenvalue weighted by Gasteiger charge is -1.97. The van der Waals surface area contributed by atoms with E-state index in [2.05, 4.69) is 21.5 Å². The quantitative estimate of drug-likeness (QED) is 0.660. The van der Waals surface area contributed by atoms with Gasteiger partial charge in [-0.25, -0.2) is 13.8 Å². The molecule has 2 aromatic heterocycles. The molecule has 0 fully saturated rings. The molecule has 0 spiro atoms. The first kappa shape index (κ1) is 13.1. The van der Waals surface area contributed by atoms with E-state index in [0.29, 0.717) is 27.9 Å². The normalized spacial score (nSPS) is 13.1.